The molecule has 2 aromatic rings. The van der Waals surface area contributed by atoms with Gasteiger partial charge < -0.3 is 29.6 Å². The summed E-state index contributed by atoms with van der Waals surface area (Å²) in [5.41, 5.74) is 2.65. The second-order valence-corrected chi connectivity index (χ2v) is 6.95. The molecule has 0 saturated heterocycles. The molecule has 9 nitrogen and oxygen atoms in total. The Morgan fingerprint density at radius 1 is 0.938 bits per heavy atom. The summed E-state index contributed by atoms with van der Waals surface area (Å²) >= 11 is 0. The molecule has 1 aliphatic heterocycles. The fourth-order valence-corrected chi connectivity index (χ4v) is 3.32. The lowest BCUT2D eigenvalue weighted by Crippen LogP contribution is -2.45. The molecule has 0 spiro atoms. The van der Waals surface area contributed by atoms with E-state index in [-0.39, 0.29) is 6.61 Å². The first-order valence-electron chi connectivity index (χ1n) is 9.72. The highest BCUT2D eigenvalue weighted by Gasteiger charge is 2.32. The average molecular weight is 440 g/mol. The Labute approximate surface area is 185 Å². The Morgan fingerprint density at radius 2 is 1.62 bits per heavy atom. The molecule has 0 unspecified atom stereocenters. The Hall–Kier alpha value is -4.01. The van der Waals surface area contributed by atoms with Crippen LogP contribution in [-0.2, 0) is 20.9 Å². The maximum absolute atomic E-state index is 12.3. The number of hydrogen-bond donors (Lipinski definition) is 2. The van der Waals surface area contributed by atoms with Gasteiger partial charge in [-0.25, -0.2) is 14.4 Å². The van der Waals surface area contributed by atoms with Crippen molar-refractivity contribution in [2.24, 2.45) is 0 Å². The van der Waals surface area contributed by atoms with Gasteiger partial charge >= 0.3 is 18.0 Å². The zero-order valence-corrected chi connectivity index (χ0v) is 18.2. The lowest BCUT2D eigenvalue weighted by molar-refractivity contribution is -0.136. The first-order chi connectivity index (χ1) is 15.4. The van der Waals surface area contributed by atoms with Crippen molar-refractivity contribution in [3.8, 4) is 11.5 Å². The molecular weight excluding hydrogens is 416 g/mol. The molecule has 3 rings (SSSR count). The van der Waals surface area contributed by atoms with Crippen LogP contribution >= 0.6 is 0 Å². The summed E-state index contributed by atoms with van der Waals surface area (Å²) in [6.07, 6.45) is 0. The fourth-order valence-electron chi connectivity index (χ4n) is 3.32. The summed E-state index contributed by atoms with van der Waals surface area (Å²) in [5, 5.41) is 5.31. The Balaban J connectivity index is 1.81. The molecule has 2 amide bonds. The Kier molecular flexibility index (Phi) is 6.99. The molecule has 0 aliphatic carbocycles. The van der Waals surface area contributed by atoms with Crippen LogP contribution in [-0.4, -0.2) is 39.3 Å². The number of esters is 2. The van der Waals surface area contributed by atoms with Crippen LogP contribution in [0.25, 0.3) is 0 Å². The van der Waals surface area contributed by atoms with E-state index in [1.165, 1.54) is 21.3 Å². The van der Waals surface area contributed by atoms with Crippen LogP contribution < -0.4 is 20.1 Å². The maximum atomic E-state index is 12.3. The lowest BCUT2D eigenvalue weighted by atomic mass is 9.95. The SMILES string of the molecule is COC(=O)C1=C(C)NC(=O)N[C@@H]1c1ccc(OCc2ccc(C(=O)OC)cc2)c(OC)c1. The minimum Gasteiger partial charge on any atom is -0.493 e. The predicted molar refractivity (Wildman–Crippen MR) is 114 cm³/mol. The molecule has 9 heteroatoms. The number of carbonyl (C=O) groups is 3. The van der Waals surface area contributed by atoms with E-state index in [2.05, 4.69) is 10.6 Å². The van der Waals surface area contributed by atoms with Gasteiger partial charge in [-0.05, 0) is 42.3 Å². The number of benzene rings is 2. The van der Waals surface area contributed by atoms with Gasteiger partial charge in [0.2, 0.25) is 0 Å². The molecule has 0 radical (unpaired) electrons. The van der Waals surface area contributed by atoms with Crippen molar-refractivity contribution in [2.75, 3.05) is 21.3 Å². The number of urea groups is 1. The van der Waals surface area contributed by atoms with Crippen molar-refractivity contribution in [3.63, 3.8) is 0 Å². The molecule has 0 bridgehead atoms. The summed E-state index contributed by atoms with van der Waals surface area (Å²) < 4.78 is 20.9. The molecule has 2 N–H and O–H groups in total. The number of allylic oxidation sites excluding steroid dienone is 1. The van der Waals surface area contributed by atoms with Gasteiger partial charge in [-0.1, -0.05) is 18.2 Å². The fraction of sp³-hybridized carbons (Fsp3) is 0.261. The van der Waals surface area contributed by atoms with Crippen LogP contribution in [0.4, 0.5) is 4.79 Å². The molecule has 0 fully saturated rings. The van der Waals surface area contributed by atoms with Gasteiger partial charge in [0.05, 0.1) is 38.5 Å². The summed E-state index contributed by atoms with van der Waals surface area (Å²) in [6, 6.07) is 10.9. The van der Waals surface area contributed by atoms with Crippen molar-refractivity contribution in [1.29, 1.82) is 0 Å². The second-order valence-electron chi connectivity index (χ2n) is 6.95. The molecular formula is C23H24N2O7. The molecule has 168 valence electrons. The summed E-state index contributed by atoms with van der Waals surface area (Å²) in [5.74, 6) is -0.0396. The number of carbonyl (C=O) groups excluding carboxylic acids is 3. The molecule has 0 aromatic heterocycles. The average Bonchev–Trinajstić information content (AvgIpc) is 2.81. The first-order valence-corrected chi connectivity index (χ1v) is 9.72. The highest BCUT2D eigenvalue weighted by Crippen LogP contribution is 2.35. The number of amides is 2. The van der Waals surface area contributed by atoms with Crippen LogP contribution in [0.1, 0.15) is 34.5 Å². The molecule has 32 heavy (non-hydrogen) atoms. The summed E-state index contributed by atoms with van der Waals surface area (Å²) in [6.45, 7) is 1.88. The van der Waals surface area contributed by atoms with Gasteiger partial charge in [0, 0.05) is 5.70 Å². The van der Waals surface area contributed by atoms with E-state index >= 15 is 0 Å². The maximum Gasteiger partial charge on any atom is 0.337 e. The number of hydrogen-bond acceptors (Lipinski definition) is 7. The van der Waals surface area contributed by atoms with Gasteiger partial charge in [-0.15, -0.1) is 0 Å². The lowest BCUT2D eigenvalue weighted by Gasteiger charge is -2.28. The van der Waals surface area contributed by atoms with Crippen molar-refractivity contribution in [1.82, 2.24) is 10.6 Å². The van der Waals surface area contributed by atoms with Crippen LogP contribution in [0, 0.1) is 0 Å². The third-order valence-corrected chi connectivity index (χ3v) is 4.96. The van der Waals surface area contributed by atoms with Crippen LogP contribution in [0.15, 0.2) is 53.7 Å². The monoisotopic (exact) mass is 440 g/mol. The zero-order valence-electron chi connectivity index (χ0n) is 18.2. The first kappa shape index (κ1) is 22.7. The molecule has 0 saturated carbocycles. The van der Waals surface area contributed by atoms with Gasteiger partial charge in [0.25, 0.3) is 0 Å². The van der Waals surface area contributed by atoms with Gasteiger partial charge in [0.15, 0.2) is 11.5 Å². The van der Waals surface area contributed by atoms with Crippen molar-refractivity contribution < 1.29 is 33.3 Å². The van der Waals surface area contributed by atoms with Gasteiger partial charge in [-0.3, -0.25) is 0 Å². The summed E-state index contributed by atoms with van der Waals surface area (Å²) in [4.78, 5) is 35.8. The number of ether oxygens (including phenoxy) is 4. The number of rotatable bonds is 7. The summed E-state index contributed by atoms with van der Waals surface area (Å²) in [7, 11) is 4.11. The van der Waals surface area contributed by atoms with Gasteiger partial charge in [-0.2, -0.15) is 0 Å². The van der Waals surface area contributed by atoms with Crippen LogP contribution in [0.2, 0.25) is 0 Å². The van der Waals surface area contributed by atoms with Crippen molar-refractivity contribution >= 4 is 18.0 Å². The molecule has 2 aromatic carbocycles. The topological polar surface area (TPSA) is 112 Å². The second kappa shape index (κ2) is 9.86. The third-order valence-electron chi connectivity index (χ3n) is 4.96. The Bertz CT molecular complexity index is 1060. The molecule has 1 aliphatic rings. The van der Waals surface area contributed by atoms with Crippen molar-refractivity contribution in [2.45, 2.75) is 19.6 Å². The van der Waals surface area contributed by atoms with Crippen molar-refractivity contribution in [3.05, 3.63) is 70.4 Å². The minimum atomic E-state index is -0.704. The van der Waals surface area contributed by atoms with E-state index in [1.54, 1.807) is 49.4 Å². The predicted octanol–water partition coefficient (Wildman–Crippen LogP) is 2.86. The van der Waals surface area contributed by atoms with Crippen LogP contribution in [0.5, 0.6) is 11.5 Å². The number of nitrogens with one attached hydrogen (secondary N) is 2. The number of methoxy groups -OCH3 is 3. The van der Waals surface area contributed by atoms with E-state index in [9.17, 15) is 14.4 Å². The largest absolute Gasteiger partial charge is 0.493 e. The highest BCUT2D eigenvalue weighted by atomic mass is 16.5. The van der Waals surface area contributed by atoms with E-state index < -0.39 is 24.0 Å². The minimum absolute atomic E-state index is 0.244. The van der Waals surface area contributed by atoms with Gasteiger partial charge in [0.1, 0.15) is 6.61 Å². The zero-order chi connectivity index (χ0) is 23.3. The van der Waals surface area contributed by atoms with E-state index in [0.717, 1.165) is 5.56 Å². The van der Waals surface area contributed by atoms with Crippen LogP contribution in [0.3, 0.4) is 0 Å². The quantitative estimate of drug-likeness (QED) is 0.637. The normalized spacial score (nSPS) is 15.4. The molecule has 1 heterocycles. The van der Waals surface area contributed by atoms with E-state index in [4.69, 9.17) is 18.9 Å². The smallest absolute Gasteiger partial charge is 0.337 e. The van der Waals surface area contributed by atoms with E-state index in [1.807, 2.05) is 0 Å². The standard InChI is InChI=1S/C23H24N2O7/c1-13-19(22(27)31-4)20(25-23(28)24-13)16-9-10-17(18(11-16)29-2)32-12-14-5-7-15(8-6-14)21(26)30-3/h5-11,20H,12H2,1-4H3,(H2,24,25,28)/t20-/m1/s1. The highest BCUT2D eigenvalue weighted by molar-refractivity contribution is 5.95. The third kappa shape index (κ3) is 4.83. The molecule has 1 atom stereocenters. The Morgan fingerprint density at radius 3 is 2.25 bits per heavy atom. The van der Waals surface area contributed by atoms with E-state index in [0.29, 0.717) is 33.9 Å².